The van der Waals surface area contributed by atoms with Crippen molar-refractivity contribution in [3.63, 3.8) is 0 Å². The molecule has 1 aromatic carbocycles. The first-order chi connectivity index (χ1) is 16.6. The van der Waals surface area contributed by atoms with Gasteiger partial charge in [0.05, 0.1) is 0 Å². The molecule has 3 nitrogen and oxygen atoms in total. The minimum Gasteiger partial charge on any atom is -0.543 e. The van der Waals surface area contributed by atoms with Gasteiger partial charge in [0, 0.05) is 12.2 Å². The largest absolute Gasteiger partial charge is 0.543 e. The predicted molar refractivity (Wildman–Crippen MR) is 158 cm³/mol. The summed E-state index contributed by atoms with van der Waals surface area (Å²) in [5.74, 6) is 2.20. The Hall–Kier alpha value is -1.52. The van der Waals surface area contributed by atoms with E-state index in [9.17, 15) is 0 Å². The molecule has 36 heavy (non-hydrogen) atoms. The fourth-order valence-electron chi connectivity index (χ4n) is 4.75. The average molecular weight is 515 g/mol. The van der Waals surface area contributed by atoms with Gasteiger partial charge in [-0.25, -0.2) is 0 Å². The van der Waals surface area contributed by atoms with Crippen molar-refractivity contribution in [2.24, 2.45) is 0 Å². The molecule has 0 radical (unpaired) electrons. The molecule has 1 aliphatic rings. The molecule has 1 heterocycles. The molecule has 204 valence electrons. The number of ether oxygens (including phenoxy) is 1. The van der Waals surface area contributed by atoms with Crippen LogP contribution in [0.3, 0.4) is 0 Å². The fourth-order valence-corrected chi connectivity index (χ4v) is 5.87. The van der Waals surface area contributed by atoms with Crippen molar-refractivity contribution in [2.75, 3.05) is 6.61 Å². The van der Waals surface area contributed by atoms with Gasteiger partial charge in [0.25, 0.3) is 8.32 Å². The third kappa shape index (κ3) is 7.74. The second-order valence-corrected chi connectivity index (χ2v) is 17.7. The van der Waals surface area contributed by atoms with E-state index in [4.69, 9.17) is 14.3 Å². The Morgan fingerprint density at radius 3 is 2.22 bits per heavy atom. The van der Waals surface area contributed by atoms with E-state index in [2.05, 4.69) is 87.6 Å². The first-order valence-corrected chi connectivity index (χ1v) is 17.0. The molecule has 0 saturated carbocycles. The molecule has 1 aromatic rings. The molecule has 0 fully saturated rings. The number of rotatable bonds is 11. The molecule has 0 amide bonds. The fraction of sp³-hybridized carbons (Fsp3) is 0.688. The quantitative estimate of drug-likeness (QED) is 0.236. The van der Waals surface area contributed by atoms with E-state index in [-0.39, 0.29) is 17.2 Å². The maximum Gasteiger partial charge on any atom is 0.250 e. The predicted octanol–water partition coefficient (Wildman–Crippen LogP) is 9.31. The smallest absolute Gasteiger partial charge is 0.250 e. The SMILES string of the molecule is C/C(=C\CC[C@]1(C)CCc2c(C)c(O[Si](C)(C)C(C)(C)C)c(C)c(C)c2O1)CC/C=C(\C)CCCO. The van der Waals surface area contributed by atoms with Crippen LogP contribution < -0.4 is 9.16 Å². The van der Waals surface area contributed by atoms with Crippen molar-refractivity contribution >= 4 is 8.32 Å². The van der Waals surface area contributed by atoms with Gasteiger partial charge in [-0.3, -0.25) is 0 Å². The minimum absolute atomic E-state index is 0.129. The molecule has 2 rings (SSSR count). The number of aliphatic hydroxyl groups excluding tert-OH is 1. The van der Waals surface area contributed by atoms with Crippen LogP contribution in [0.4, 0.5) is 0 Å². The Labute approximate surface area is 223 Å². The van der Waals surface area contributed by atoms with Gasteiger partial charge in [-0.15, -0.1) is 0 Å². The second kappa shape index (κ2) is 12.3. The summed E-state index contributed by atoms with van der Waals surface area (Å²) in [5, 5.41) is 9.15. The first-order valence-electron chi connectivity index (χ1n) is 14.0. The van der Waals surface area contributed by atoms with Gasteiger partial charge in [-0.2, -0.15) is 0 Å². The number of benzene rings is 1. The summed E-state index contributed by atoms with van der Waals surface area (Å²) < 4.78 is 13.6. The maximum absolute atomic E-state index is 8.98. The van der Waals surface area contributed by atoms with E-state index in [1.54, 1.807) is 0 Å². The Morgan fingerprint density at radius 2 is 1.61 bits per heavy atom. The summed E-state index contributed by atoms with van der Waals surface area (Å²) in [6.07, 6.45) is 13.0. The van der Waals surface area contributed by atoms with Gasteiger partial charge in [0.1, 0.15) is 17.1 Å². The molecule has 1 aliphatic heterocycles. The van der Waals surface area contributed by atoms with Crippen LogP contribution >= 0.6 is 0 Å². The van der Waals surface area contributed by atoms with E-state index >= 15 is 0 Å². The number of hydrogen-bond acceptors (Lipinski definition) is 3. The third-order valence-electron chi connectivity index (χ3n) is 8.65. The lowest BCUT2D eigenvalue weighted by Gasteiger charge is -2.41. The van der Waals surface area contributed by atoms with Crippen LogP contribution in [0.5, 0.6) is 11.5 Å². The van der Waals surface area contributed by atoms with Crippen molar-refractivity contribution in [1.82, 2.24) is 0 Å². The van der Waals surface area contributed by atoms with Gasteiger partial charge >= 0.3 is 0 Å². The van der Waals surface area contributed by atoms with Gasteiger partial charge < -0.3 is 14.3 Å². The zero-order chi connectivity index (χ0) is 27.3. The van der Waals surface area contributed by atoms with E-state index in [1.807, 2.05) is 0 Å². The molecule has 1 N–H and O–H groups in total. The van der Waals surface area contributed by atoms with E-state index in [0.29, 0.717) is 0 Å². The van der Waals surface area contributed by atoms with Crippen LogP contribution in [0.1, 0.15) is 109 Å². The Morgan fingerprint density at radius 1 is 1.00 bits per heavy atom. The Balaban J connectivity index is 2.09. The lowest BCUT2D eigenvalue weighted by atomic mass is 9.85. The van der Waals surface area contributed by atoms with Crippen LogP contribution in [0.2, 0.25) is 18.1 Å². The average Bonchev–Trinajstić information content (AvgIpc) is 2.78. The number of fused-ring (bicyclic) bond motifs is 1. The van der Waals surface area contributed by atoms with Crippen molar-refractivity contribution in [3.8, 4) is 11.5 Å². The summed E-state index contributed by atoms with van der Waals surface area (Å²) in [7, 11) is -1.92. The zero-order valence-corrected chi connectivity index (χ0v) is 26.3. The minimum atomic E-state index is -1.92. The molecular weight excluding hydrogens is 460 g/mol. The molecule has 0 bridgehead atoms. The Kier molecular flexibility index (Phi) is 10.5. The van der Waals surface area contributed by atoms with Crippen LogP contribution in [0.15, 0.2) is 23.3 Å². The van der Waals surface area contributed by atoms with Crippen LogP contribution in [0.25, 0.3) is 0 Å². The number of aliphatic hydroxyl groups is 1. The summed E-state index contributed by atoms with van der Waals surface area (Å²) in [4.78, 5) is 0. The van der Waals surface area contributed by atoms with Crippen molar-refractivity contribution in [1.29, 1.82) is 0 Å². The van der Waals surface area contributed by atoms with E-state index in [1.165, 1.54) is 33.4 Å². The lowest BCUT2D eigenvalue weighted by Crippen LogP contribution is -2.44. The van der Waals surface area contributed by atoms with Gasteiger partial charge in [0.15, 0.2) is 0 Å². The monoisotopic (exact) mass is 514 g/mol. The van der Waals surface area contributed by atoms with Crippen LogP contribution in [0, 0.1) is 20.8 Å². The van der Waals surface area contributed by atoms with Gasteiger partial charge in [-0.1, -0.05) is 44.1 Å². The normalized spacial score (nSPS) is 19.2. The molecule has 0 saturated heterocycles. The highest BCUT2D eigenvalue weighted by atomic mass is 28.4. The molecule has 1 atom stereocenters. The standard InChI is InChI=1S/C32H54O3Si/c1-23(15-12-16-24(2)18-14-22-33)17-13-20-32(9)21-19-28-27(5)29(25(3)26(4)30(28)34-32)35-36(10,11)31(6,7)8/h16-17,33H,12-15,18-22H2,1-11H3/b23-17+,24-16+/t32-/m1/s1. The molecule has 0 unspecified atom stereocenters. The summed E-state index contributed by atoms with van der Waals surface area (Å²) in [6, 6.07) is 0. The molecule has 0 spiro atoms. The highest BCUT2D eigenvalue weighted by molar-refractivity contribution is 6.74. The lowest BCUT2D eigenvalue weighted by molar-refractivity contribution is 0.0559. The second-order valence-electron chi connectivity index (χ2n) is 12.9. The van der Waals surface area contributed by atoms with E-state index in [0.717, 1.165) is 62.9 Å². The number of hydrogen-bond donors (Lipinski definition) is 1. The summed E-state index contributed by atoms with van der Waals surface area (Å²) >= 11 is 0. The zero-order valence-electron chi connectivity index (χ0n) is 25.3. The molecule has 0 aromatic heterocycles. The van der Waals surface area contributed by atoms with Crippen LogP contribution in [-0.2, 0) is 6.42 Å². The highest BCUT2D eigenvalue weighted by Gasteiger charge is 2.41. The molecule has 0 aliphatic carbocycles. The first kappa shape index (κ1) is 30.7. The summed E-state index contributed by atoms with van der Waals surface area (Å²) in [5.41, 5.74) is 7.81. The number of allylic oxidation sites excluding steroid dienone is 4. The highest BCUT2D eigenvalue weighted by Crippen LogP contribution is 2.47. The summed E-state index contributed by atoms with van der Waals surface area (Å²) in [6.45, 7) is 25.2. The molecule has 4 heteroatoms. The third-order valence-corrected chi connectivity index (χ3v) is 13.0. The van der Waals surface area contributed by atoms with Crippen molar-refractivity contribution in [2.45, 2.75) is 137 Å². The maximum atomic E-state index is 8.98. The Bertz CT molecular complexity index is 965. The van der Waals surface area contributed by atoms with Crippen molar-refractivity contribution in [3.05, 3.63) is 45.6 Å². The van der Waals surface area contributed by atoms with E-state index < -0.39 is 8.32 Å². The van der Waals surface area contributed by atoms with Crippen molar-refractivity contribution < 1.29 is 14.3 Å². The van der Waals surface area contributed by atoms with Crippen LogP contribution in [-0.4, -0.2) is 25.6 Å². The van der Waals surface area contributed by atoms with Gasteiger partial charge in [-0.05, 0) is 128 Å². The molecular formula is C32H54O3Si. The van der Waals surface area contributed by atoms with Gasteiger partial charge in [0.2, 0.25) is 0 Å². The topological polar surface area (TPSA) is 38.7 Å².